The van der Waals surface area contributed by atoms with Crippen LogP contribution in [-0.4, -0.2) is 14.5 Å². The van der Waals surface area contributed by atoms with Gasteiger partial charge in [0, 0.05) is 27.9 Å². The van der Waals surface area contributed by atoms with Crippen LogP contribution in [0.25, 0.3) is 16.9 Å². The van der Waals surface area contributed by atoms with Gasteiger partial charge in [-0.3, -0.25) is 0 Å². The Hall–Kier alpha value is -2.05. The van der Waals surface area contributed by atoms with E-state index in [-0.39, 0.29) is 0 Å². The molecule has 4 nitrogen and oxygen atoms in total. The summed E-state index contributed by atoms with van der Waals surface area (Å²) in [5.74, 6) is 0. The molecule has 0 aliphatic rings. The van der Waals surface area contributed by atoms with Crippen molar-refractivity contribution in [2.75, 3.05) is 5.32 Å². The number of halogens is 3. The second-order valence-corrected chi connectivity index (χ2v) is 7.99. The molecule has 2 aromatic heterocycles. The Morgan fingerprint density at radius 1 is 1.04 bits per heavy atom. The van der Waals surface area contributed by atoms with Crippen LogP contribution in [0.5, 0.6) is 0 Å². The van der Waals surface area contributed by atoms with E-state index in [4.69, 9.17) is 34.8 Å². The van der Waals surface area contributed by atoms with E-state index in [2.05, 4.69) is 15.3 Å². The molecule has 27 heavy (non-hydrogen) atoms. The molecule has 4 aromatic rings. The number of nitrogens with zero attached hydrogens (tertiary/aromatic N) is 3. The van der Waals surface area contributed by atoms with E-state index in [9.17, 15) is 0 Å². The first-order valence-corrected chi connectivity index (χ1v) is 9.99. The number of imidazole rings is 1. The number of benzene rings is 2. The van der Waals surface area contributed by atoms with Crippen molar-refractivity contribution in [3.63, 3.8) is 0 Å². The van der Waals surface area contributed by atoms with Gasteiger partial charge in [-0.15, -0.1) is 11.3 Å². The lowest BCUT2D eigenvalue weighted by Gasteiger charge is -2.08. The van der Waals surface area contributed by atoms with Crippen LogP contribution in [0.3, 0.4) is 0 Å². The molecule has 4 rings (SSSR count). The highest BCUT2D eigenvalue weighted by Crippen LogP contribution is 2.37. The zero-order valence-electron chi connectivity index (χ0n) is 14.1. The lowest BCUT2D eigenvalue weighted by atomic mass is 10.1. The summed E-state index contributed by atoms with van der Waals surface area (Å²) in [4.78, 5) is 8.88. The van der Waals surface area contributed by atoms with Crippen LogP contribution >= 0.6 is 46.1 Å². The van der Waals surface area contributed by atoms with Crippen molar-refractivity contribution in [1.82, 2.24) is 14.5 Å². The topological polar surface area (TPSA) is 42.7 Å². The molecule has 0 spiro atoms. The van der Waals surface area contributed by atoms with E-state index in [1.807, 2.05) is 47.3 Å². The van der Waals surface area contributed by atoms with Crippen molar-refractivity contribution >= 4 is 57.0 Å². The second-order valence-electron chi connectivity index (χ2n) is 5.88. The molecule has 0 amide bonds. The summed E-state index contributed by atoms with van der Waals surface area (Å²) in [6.45, 7) is 1.97. The summed E-state index contributed by atoms with van der Waals surface area (Å²) in [6, 6.07) is 11.4. The van der Waals surface area contributed by atoms with Gasteiger partial charge in [0.2, 0.25) is 0 Å². The molecule has 0 saturated carbocycles. The first-order valence-electron chi connectivity index (χ1n) is 7.98. The van der Waals surface area contributed by atoms with Crippen molar-refractivity contribution in [2.45, 2.75) is 6.92 Å². The maximum absolute atomic E-state index is 6.22. The molecule has 0 aliphatic carbocycles. The molecule has 0 fully saturated rings. The quantitative estimate of drug-likeness (QED) is 0.375. The lowest BCUT2D eigenvalue weighted by molar-refractivity contribution is 1.06. The molecule has 2 heterocycles. The maximum Gasteiger partial charge on any atom is 0.187 e. The number of thiazole rings is 1. The molecule has 1 N–H and O–H groups in total. The molecule has 0 bridgehead atoms. The molecule has 2 aromatic carbocycles. The zero-order valence-corrected chi connectivity index (χ0v) is 17.2. The van der Waals surface area contributed by atoms with Crippen molar-refractivity contribution in [3.8, 4) is 16.9 Å². The lowest BCUT2D eigenvalue weighted by Crippen LogP contribution is -1.92. The Kier molecular flexibility index (Phi) is 5.10. The average Bonchev–Trinajstić information content (AvgIpc) is 3.27. The molecule has 0 saturated heterocycles. The zero-order chi connectivity index (χ0) is 19.0. The van der Waals surface area contributed by atoms with E-state index in [0.29, 0.717) is 25.9 Å². The number of aromatic nitrogens is 3. The van der Waals surface area contributed by atoms with Gasteiger partial charge < -0.3 is 9.88 Å². The monoisotopic (exact) mass is 434 g/mol. The van der Waals surface area contributed by atoms with E-state index in [1.54, 1.807) is 18.5 Å². The standard InChI is InChI=1S/C19H13Cl3N4S/c1-11-8-26(10-23-11)14-4-2-12(3-5-14)17-9-27-19(24-17)25-18-15(21)6-13(20)7-16(18)22/h2-10H,1H3,(H,24,25). The van der Waals surface area contributed by atoms with Gasteiger partial charge in [-0.1, -0.05) is 46.9 Å². The minimum atomic E-state index is 0.448. The van der Waals surface area contributed by atoms with Crippen molar-refractivity contribution in [1.29, 1.82) is 0 Å². The fourth-order valence-corrected chi connectivity index (χ4v) is 4.23. The Morgan fingerprint density at radius 3 is 2.37 bits per heavy atom. The van der Waals surface area contributed by atoms with E-state index >= 15 is 0 Å². The highest BCUT2D eigenvalue weighted by Gasteiger charge is 2.11. The summed E-state index contributed by atoms with van der Waals surface area (Å²) in [5.41, 5.74) is 4.51. The van der Waals surface area contributed by atoms with Crippen LogP contribution < -0.4 is 5.32 Å². The molecular formula is C19H13Cl3N4S. The van der Waals surface area contributed by atoms with Crippen LogP contribution in [-0.2, 0) is 0 Å². The summed E-state index contributed by atoms with van der Waals surface area (Å²) < 4.78 is 1.98. The van der Waals surface area contributed by atoms with Crippen LogP contribution in [0, 0.1) is 6.92 Å². The minimum Gasteiger partial charge on any atom is -0.329 e. The summed E-state index contributed by atoms with van der Waals surface area (Å²) in [5, 5.41) is 7.24. The van der Waals surface area contributed by atoms with Gasteiger partial charge in [-0.2, -0.15) is 0 Å². The summed E-state index contributed by atoms with van der Waals surface area (Å²) in [7, 11) is 0. The van der Waals surface area contributed by atoms with Gasteiger partial charge in [0.1, 0.15) is 0 Å². The molecular weight excluding hydrogens is 423 g/mol. The summed E-state index contributed by atoms with van der Waals surface area (Å²) in [6.07, 6.45) is 3.79. The SMILES string of the molecule is Cc1cn(-c2ccc(-c3csc(Nc4c(Cl)cc(Cl)cc4Cl)n3)cc2)cn1. The number of rotatable bonds is 4. The van der Waals surface area contributed by atoms with E-state index in [1.165, 1.54) is 11.3 Å². The van der Waals surface area contributed by atoms with Crippen LogP contribution in [0.4, 0.5) is 10.8 Å². The molecule has 0 unspecified atom stereocenters. The molecule has 0 radical (unpaired) electrons. The Balaban J connectivity index is 1.56. The fourth-order valence-electron chi connectivity index (χ4n) is 2.60. The average molecular weight is 436 g/mol. The fraction of sp³-hybridized carbons (Fsp3) is 0.0526. The number of aryl methyl sites for hydroxylation is 1. The molecule has 0 aliphatic heterocycles. The largest absolute Gasteiger partial charge is 0.329 e. The van der Waals surface area contributed by atoms with Crippen LogP contribution in [0.1, 0.15) is 5.69 Å². The van der Waals surface area contributed by atoms with Gasteiger partial charge in [-0.05, 0) is 31.2 Å². The van der Waals surface area contributed by atoms with Crippen molar-refractivity contribution in [2.24, 2.45) is 0 Å². The van der Waals surface area contributed by atoms with E-state index in [0.717, 1.165) is 22.6 Å². The molecule has 8 heteroatoms. The van der Waals surface area contributed by atoms with Crippen LogP contribution in [0.15, 0.2) is 54.3 Å². The minimum absolute atomic E-state index is 0.448. The van der Waals surface area contributed by atoms with Gasteiger partial charge in [0.05, 0.1) is 33.4 Å². The molecule has 136 valence electrons. The number of hydrogen-bond acceptors (Lipinski definition) is 4. The normalized spacial score (nSPS) is 11.0. The van der Waals surface area contributed by atoms with Crippen molar-refractivity contribution < 1.29 is 0 Å². The third-order valence-corrected chi connectivity index (χ3v) is 5.49. The first-order chi connectivity index (χ1) is 13.0. The Morgan fingerprint density at radius 2 is 1.74 bits per heavy atom. The van der Waals surface area contributed by atoms with E-state index < -0.39 is 0 Å². The van der Waals surface area contributed by atoms with Gasteiger partial charge >= 0.3 is 0 Å². The van der Waals surface area contributed by atoms with Gasteiger partial charge in [0.15, 0.2) is 5.13 Å². The Labute approximate surface area is 175 Å². The number of hydrogen-bond donors (Lipinski definition) is 1. The smallest absolute Gasteiger partial charge is 0.187 e. The maximum atomic E-state index is 6.22. The Bertz CT molecular complexity index is 1080. The second kappa shape index (κ2) is 7.52. The number of anilines is 2. The first kappa shape index (κ1) is 18.3. The molecule has 0 atom stereocenters. The van der Waals surface area contributed by atoms with Gasteiger partial charge in [0.25, 0.3) is 0 Å². The van der Waals surface area contributed by atoms with Crippen molar-refractivity contribution in [3.05, 3.63) is 75.1 Å². The summed E-state index contributed by atoms with van der Waals surface area (Å²) >= 11 is 19.9. The third kappa shape index (κ3) is 3.96. The predicted octanol–water partition coefficient (Wildman–Crippen LogP) is 7.01. The number of nitrogens with one attached hydrogen (secondary N) is 1. The van der Waals surface area contributed by atoms with Gasteiger partial charge in [-0.25, -0.2) is 9.97 Å². The highest BCUT2D eigenvalue weighted by atomic mass is 35.5. The third-order valence-electron chi connectivity index (χ3n) is 3.92. The predicted molar refractivity (Wildman–Crippen MR) is 114 cm³/mol. The highest BCUT2D eigenvalue weighted by molar-refractivity contribution is 7.14. The van der Waals surface area contributed by atoms with Crippen LogP contribution in [0.2, 0.25) is 15.1 Å².